The van der Waals surface area contributed by atoms with Crippen LogP contribution >= 0.6 is 11.3 Å². The summed E-state index contributed by atoms with van der Waals surface area (Å²) in [6, 6.07) is 11.2. The lowest BCUT2D eigenvalue weighted by atomic mass is 10.2. The Morgan fingerprint density at radius 3 is 2.81 bits per heavy atom. The SMILES string of the molecule is c1ccc(-c2cnc(CNC3CC3)s2)cc1. The fourth-order valence-corrected chi connectivity index (χ4v) is 2.52. The predicted octanol–water partition coefficient (Wildman–Crippen LogP) is 3.06. The molecule has 0 bridgehead atoms. The maximum Gasteiger partial charge on any atom is 0.107 e. The van der Waals surface area contributed by atoms with Crippen molar-refractivity contribution in [1.82, 2.24) is 10.3 Å². The van der Waals surface area contributed by atoms with Crippen LogP contribution < -0.4 is 5.32 Å². The van der Waals surface area contributed by atoms with Crippen molar-refractivity contribution in [3.63, 3.8) is 0 Å². The molecule has 1 saturated carbocycles. The minimum atomic E-state index is 0.754. The number of hydrogen-bond donors (Lipinski definition) is 1. The summed E-state index contributed by atoms with van der Waals surface area (Å²) in [5.41, 5.74) is 1.26. The molecular formula is C13H14N2S. The standard InChI is InChI=1S/C13H14N2S/c1-2-4-10(5-3-1)12-8-15-13(16-12)9-14-11-6-7-11/h1-5,8,11,14H,6-7,9H2. The normalized spacial score (nSPS) is 15.2. The average molecular weight is 230 g/mol. The minimum Gasteiger partial charge on any atom is -0.308 e. The van der Waals surface area contributed by atoms with Gasteiger partial charge in [0.15, 0.2) is 0 Å². The van der Waals surface area contributed by atoms with Crippen LogP contribution in [0.3, 0.4) is 0 Å². The topological polar surface area (TPSA) is 24.9 Å². The molecule has 82 valence electrons. The first-order chi connectivity index (χ1) is 7.92. The molecule has 0 spiro atoms. The van der Waals surface area contributed by atoms with E-state index in [0.717, 1.165) is 12.6 Å². The van der Waals surface area contributed by atoms with E-state index in [2.05, 4.69) is 34.6 Å². The van der Waals surface area contributed by atoms with Gasteiger partial charge in [0.05, 0.1) is 4.88 Å². The van der Waals surface area contributed by atoms with Crippen molar-refractivity contribution in [3.05, 3.63) is 41.5 Å². The highest BCUT2D eigenvalue weighted by Gasteiger charge is 2.20. The average Bonchev–Trinajstić information content (AvgIpc) is 3.05. The summed E-state index contributed by atoms with van der Waals surface area (Å²) < 4.78 is 0. The molecule has 1 aromatic heterocycles. The van der Waals surface area contributed by atoms with Gasteiger partial charge in [-0.15, -0.1) is 11.3 Å². The molecule has 0 radical (unpaired) electrons. The number of benzene rings is 1. The van der Waals surface area contributed by atoms with E-state index in [1.807, 2.05) is 12.3 Å². The highest BCUT2D eigenvalue weighted by molar-refractivity contribution is 7.15. The molecule has 1 aliphatic carbocycles. The van der Waals surface area contributed by atoms with Gasteiger partial charge in [-0.1, -0.05) is 30.3 Å². The third-order valence-corrected chi connectivity index (χ3v) is 3.78. The molecule has 3 rings (SSSR count). The van der Waals surface area contributed by atoms with Crippen LogP contribution in [0.5, 0.6) is 0 Å². The smallest absolute Gasteiger partial charge is 0.107 e. The third-order valence-electron chi connectivity index (χ3n) is 2.73. The van der Waals surface area contributed by atoms with Gasteiger partial charge in [0.1, 0.15) is 5.01 Å². The van der Waals surface area contributed by atoms with Crippen molar-refractivity contribution >= 4 is 11.3 Å². The van der Waals surface area contributed by atoms with Gasteiger partial charge < -0.3 is 5.32 Å². The van der Waals surface area contributed by atoms with Crippen LogP contribution in [0.15, 0.2) is 36.5 Å². The molecule has 0 aliphatic heterocycles. The molecule has 1 heterocycles. The van der Waals surface area contributed by atoms with E-state index in [1.54, 1.807) is 11.3 Å². The zero-order chi connectivity index (χ0) is 10.8. The van der Waals surface area contributed by atoms with Crippen molar-refractivity contribution in [3.8, 4) is 10.4 Å². The quantitative estimate of drug-likeness (QED) is 0.873. The predicted molar refractivity (Wildman–Crippen MR) is 67.4 cm³/mol. The summed E-state index contributed by atoms with van der Waals surface area (Å²) in [6.07, 6.45) is 4.64. The second-order valence-corrected chi connectivity index (χ2v) is 5.25. The van der Waals surface area contributed by atoms with Gasteiger partial charge in [-0.05, 0) is 18.4 Å². The summed E-state index contributed by atoms with van der Waals surface area (Å²) in [4.78, 5) is 5.71. The Kier molecular flexibility index (Phi) is 2.72. The third kappa shape index (κ3) is 2.31. The number of hydrogen-bond acceptors (Lipinski definition) is 3. The summed E-state index contributed by atoms with van der Waals surface area (Å²) >= 11 is 1.78. The largest absolute Gasteiger partial charge is 0.308 e. The summed E-state index contributed by atoms with van der Waals surface area (Å²) in [5.74, 6) is 0. The maximum atomic E-state index is 4.45. The van der Waals surface area contributed by atoms with Gasteiger partial charge in [-0.25, -0.2) is 4.98 Å². The Labute approximate surface area is 99.4 Å². The molecule has 3 heteroatoms. The number of rotatable bonds is 4. The van der Waals surface area contributed by atoms with E-state index >= 15 is 0 Å². The molecule has 0 saturated heterocycles. The second-order valence-electron chi connectivity index (χ2n) is 4.14. The van der Waals surface area contributed by atoms with Crippen molar-refractivity contribution < 1.29 is 0 Å². The van der Waals surface area contributed by atoms with Gasteiger partial charge >= 0.3 is 0 Å². The molecule has 0 amide bonds. The minimum absolute atomic E-state index is 0.754. The molecule has 0 unspecified atom stereocenters. The first-order valence-electron chi connectivity index (χ1n) is 5.65. The Bertz CT molecular complexity index is 460. The highest BCUT2D eigenvalue weighted by Crippen LogP contribution is 2.26. The Hall–Kier alpha value is -1.19. The van der Waals surface area contributed by atoms with E-state index in [9.17, 15) is 0 Å². The van der Waals surface area contributed by atoms with Crippen molar-refractivity contribution in [2.75, 3.05) is 0 Å². The van der Waals surface area contributed by atoms with E-state index in [0.29, 0.717) is 0 Å². The second kappa shape index (κ2) is 4.36. The first-order valence-corrected chi connectivity index (χ1v) is 6.47. The van der Waals surface area contributed by atoms with Crippen molar-refractivity contribution in [2.45, 2.75) is 25.4 Å². The summed E-state index contributed by atoms with van der Waals surface area (Å²) in [5, 5.41) is 4.67. The highest BCUT2D eigenvalue weighted by atomic mass is 32.1. The van der Waals surface area contributed by atoms with Gasteiger partial charge in [-0.2, -0.15) is 0 Å². The molecule has 1 fully saturated rings. The molecule has 16 heavy (non-hydrogen) atoms. The number of nitrogens with one attached hydrogen (secondary N) is 1. The van der Waals surface area contributed by atoms with Crippen LogP contribution in [-0.4, -0.2) is 11.0 Å². The molecular weight excluding hydrogens is 216 g/mol. The van der Waals surface area contributed by atoms with E-state index in [1.165, 1.54) is 28.3 Å². The van der Waals surface area contributed by atoms with Crippen LogP contribution in [0.2, 0.25) is 0 Å². The van der Waals surface area contributed by atoms with Crippen LogP contribution in [-0.2, 0) is 6.54 Å². The van der Waals surface area contributed by atoms with E-state index in [4.69, 9.17) is 0 Å². The number of aromatic nitrogens is 1. The van der Waals surface area contributed by atoms with Crippen LogP contribution in [0.25, 0.3) is 10.4 Å². The van der Waals surface area contributed by atoms with Gasteiger partial charge in [-0.3, -0.25) is 0 Å². The van der Waals surface area contributed by atoms with Gasteiger partial charge in [0.2, 0.25) is 0 Å². The Balaban J connectivity index is 1.71. The summed E-state index contributed by atoms with van der Waals surface area (Å²) in [7, 11) is 0. The van der Waals surface area contributed by atoms with Crippen molar-refractivity contribution in [1.29, 1.82) is 0 Å². The number of thiazole rings is 1. The fourth-order valence-electron chi connectivity index (χ4n) is 1.65. The molecule has 1 N–H and O–H groups in total. The lowest BCUT2D eigenvalue weighted by Gasteiger charge is -1.97. The molecule has 2 nitrogen and oxygen atoms in total. The maximum absolute atomic E-state index is 4.45. The monoisotopic (exact) mass is 230 g/mol. The van der Waals surface area contributed by atoms with Crippen molar-refractivity contribution in [2.24, 2.45) is 0 Å². The first kappa shape index (κ1) is 10.00. The Morgan fingerprint density at radius 1 is 1.25 bits per heavy atom. The zero-order valence-corrected chi connectivity index (χ0v) is 9.83. The Morgan fingerprint density at radius 2 is 2.06 bits per heavy atom. The zero-order valence-electron chi connectivity index (χ0n) is 9.02. The van der Waals surface area contributed by atoms with Gasteiger partial charge in [0.25, 0.3) is 0 Å². The molecule has 2 aromatic rings. The van der Waals surface area contributed by atoms with E-state index < -0.39 is 0 Å². The summed E-state index contributed by atoms with van der Waals surface area (Å²) in [6.45, 7) is 0.919. The van der Waals surface area contributed by atoms with Crippen LogP contribution in [0, 0.1) is 0 Å². The lowest BCUT2D eigenvalue weighted by molar-refractivity contribution is 0.684. The number of nitrogens with zero attached hydrogens (tertiary/aromatic N) is 1. The van der Waals surface area contributed by atoms with Crippen LogP contribution in [0.4, 0.5) is 0 Å². The lowest BCUT2D eigenvalue weighted by Crippen LogP contribution is -2.14. The van der Waals surface area contributed by atoms with Gasteiger partial charge in [0, 0.05) is 18.8 Å². The van der Waals surface area contributed by atoms with E-state index in [-0.39, 0.29) is 0 Å². The molecule has 1 aromatic carbocycles. The molecule has 0 atom stereocenters. The van der Waals surface area contributed by atoms with Crippen LogP contribution in [0.1, 0.15) is 17.8 Å². The fraction of sp³-hybridized carbons (Fsp3) is 0.308. The molecule has 1 aliphatic rings.